The maximum atomic E-state index is 10.9. The van der Waals surface area contributed by atoms with Crippen LogP contribution >= 0.6 is 0 Å². The lowest BCUT2D eigenvalue weighted by molar-refractivity contribution is 0.111. The molecule has 0 heterocycles. The van der Waals surface area contributed by atoms with Crippen molar-refractivity contribution in [1.82, 2.24) is 0 Å². The van der Waals surface area contributed by atoms with E-state index in [-0.39, 0.29) is 0 Å². The second-order valence-corrected chi connectivity index (χ2v) is 5.13. The number of hydrogen-bond acceptors (Lipinski definition) is 2. The molecule has 0 N–H and O–H groups in total. The average Bonchev–Trinajstić information content (AvgIpc) is 2.43. The standard InChI is InChI=1S/C17H26O2/c1-3-4-5-6-7-8-9-12-19-17-11-10-15(2)13-16(17)14-18/h10-11,13-14H,3-9,12H2,1-2H3. The van der Waals surface area contributed by atoms with Crippen LogP contribution in [-0.2, 0) is 0 Å². The molecule has 0 amide bonds. The molecule has 2 heteroatoms. The van der Waals surface area contributed by atoms with Gasteiger partial charge in [0, 0.05) is 0 Å². The molecule has 0 spiro atoms. The van der Waals surface area contributed by atoms with Crippen LogP contribution in [0.4, 0.5) is 0 Å². The minimum Gasteiger partial charge on any atom is -0.493 e. The molecular weight excluding hydrogens is 236 g/mol. The second kappa shape index (κ2) is 9.60. The van der Waals surface area contributed by atoms with E-state index >= 15 is 0 Å². The molecule has 0 unspecified atom stereocenters. The van der Waals surface area contributed by atoms with E-state index in [1.54, 1.807) is 0 Å². The molecule has 0 aliphatic heterocycles. The van der Waals surface area contributed by atoms with Crippen LogP contribution in [-0.4, -0.2) is 12.9 Å². The van der Waals surface area contributed by atoms with Gasteiger partial charge in [0.1, 0.15) is 5.75 Å². The van der Waals surface area contributed by atoms with Crippen LogP contribution < -0.4 is 4.74 Å². The number of aldehydes is 1. The minimum absolute atomic E-state index is 0.656. The molecule has 2 nitrogen and oxygen atoms in total. The fraction of sp³-hybridized carbons (Fsp3) is 0.588. The van der Waals surface area contributed by atoms with Gasteiger partial charge in [-0.1, -0.05) is 57.1 Å². The predicted octanol–water partition coefficient (Wildman–Crippen LogP) is 4.94. The Bertz CT molecular complexity index is 372. The average molecular weight is 262 g/mol. The van der Waals surface area contributed by atoms with E-state index in [0.717, 1.165) is 18.3 Å². The molecule has 0 saturated heterocycles. The number of aryl methyl sites for hydroxylation is 1. The van der Waals surface area contributed by atoms with Gasteiger partial charge < -0.3 is 4.74 Å². The monoisotopic (exact) mass is 262 g/mol. The summed E-state index contributed by atoms with van der Waals surface area (Å²) >= 11 is 0. The molecule has 0 radical (unpaired) electrons. The summed E-state index contributed by atoms with van der Waals surface area (Å²) in [5.41, 5.74) is 1.74. The van der Waals surface area contributed by atoms with Gasteiger partial charge in [-0.25, -0.2) is 0 Å². The van der Waals surface area contributed by atoms with E-state index in [0.29, 0.717) is 17.9 Å². The zero-order chi connectivity index (χ0) is 13.9. The van der Waals surface area contributed by atoms with Crippen molar-refractivity contribution in [3.05, 3.63) is 29.3 Å². The number of hydrogen-bond donors (Lipinski definition) is 0. The topological polar surface area (TPSA) is 26.3 Å². The van der Waals surface area contributed by atoms with Crippen molar-refractivity contribution in [2.45, 2.75) is 58.8 Å². The Balaban J connectivity index is 2.17. The molecule has 19 heavy (non-hydrogen) atoms. The fourth-order valence-corrected chi connectivity index (χ4v) is 2.13. The van der Waals surface area contributed by atoms with E-state index in [1.807, 2.05) is 25.1 Å². The first-order chi connectivity index (χ1) is 9.27. The Morgan fingerprint density at radius 2 is 1.74 bits per heavy atom. The van der Waals surface area contributed by atoms with Crippen LogP contribution in [0.1, 0.15) is 67.8 Å². The van der Waals surface area contributed by atoms with E-state index in [9.17, 15) is 4.79 Å². The lowest BCUT2D eigenvalue weighted by atomic mass is 10.1. The van der Waals surface area contributed by atoms with Gasteiger partial charge in [0.15, 0.2) is 6.29 Å². The zero-order valence-corrected chi connectivity index (χ0v) is 12.3. The summed E-state index contributed by atoms with van der Waals surface area (Å²) < 4.78 is 5.68. The molecule has 0 aliphatic rings. The third kappa shape index (κ3) is 6.42. The molecule has 0 aliphatic carbocycles. The first-order valence-corrected chi connectivity index (χ1v) is 7.46. The summed E-state index contributed by atoms with van der Waals surface area (Å²) in [6, 6.07) is 5.74. The molecule has 1 aromatic carbocycles. The normalized spacial score (nSPS) is 10.4. The minimum atomic E-state index is 0.656. The van der Waals surface area contributed by atoms with E-state index in [4.69, 9.17) is 4.74 Å². The first-order valence-electron chi connectivity index (χ1n) is 7.46. The molecule has 1 aromatic rings. The van der Waals surface area contributed by atoms with Gasteiger partial charge >= 0.3 is 0 Å². The van der Waals surface area contributed by atoms with E-state index in [2.05, 4.69) is 6.92 Å². The first kappa shape index (κ1) is 15.7. The summed E-state index contributed by atoms with van der Waals surface area (Å²) in [5, 5.41) is 0. The maximum absolute atomic E-state index is 10.9. The van der Waals surface area contributed by atoms with Crippen molar-refractivity contribution in [2.24, 2.45) is 0 Å². The highest BCUT2D eigenvalue weighted by atomic mass is 16.5. The Hall–Kier alpha value is -1.31. The summed E-state index contributed by atoms with van der Waals surface area (Å²) in [6.07, 6.45) is 9.77. The number of ether oxygens (including phenoxy) is 1. The van der Waals surface area contributed by atoms with Gasteiger partial charge in [-0.2, -0.15) is 0 Å². The van der Waals surface area contributed by atoms with Gasteiger partial charge in [-0.3, -0.25) is 4.79 Å². The second-order valence-electron chi connectivity index (χ2n) is 5.13. The molecule has 0 bridgehead atoms. The molecule has 1 rings (SSSR count). The van der Waals surface area contributed by atoms with Gasteiger partial charge in [-0.15, -0.1) is 0 Å². The van der Waals surface area contributed by atoms with Crippen LogP contribution in [0.5, 0.6) is 5.75 Å². The zero-order valence-electron chi connectivity index (χ0n) is 12.3. The molecular formula is C17H26O2. The summed E-state index contributed by atoms with van der Waals surface area (Å²) in [6.45, 7) is 4.92. The molecule has 0 aromatic heterocycles. The van der Waals surface area contributed by atoms with Gasteiger partial charge in [0.25, 0.3) is 0 Å². The largest absolute Gasteiger partial charge is 0.493 e. The van der Waals surface area contributed by atoms with Crippen molar-refractivity contribution in [3.63, 3.8) is 0 Å². The van der Waals surface area contributed by atoms with Crippen molar-refractivity contribution in [1.29, 1.82) is 0 Å². The lowest BCUT2D eigenvalue weighted by Gasteiger charge is -2.09. The summed E-state index contributed by atoms with van der Waals surface area (Å²) in [4.78, 5) is 10.9. The summed E-state index contributed by atoms with van der Waals surface area (Å²) in [7, 11) is 0. The lowest BCUT2D eigenvalue weighted by Crippen LogP contribution is -2.00. The van der Waals surface area contributed by atoms with E-state index < -0.39 is 0 Å². The Labute approximate surface area is 117 Å². The quantitative estimate of drug-likeness (QED) is 0.441. The highest BCUT2D eigenvalue weighted by Gasteiger charge is 2.02. The van der Waals surface area contributed by atoms with Crippen LogP contribution in [0.3, 0.4) is 0 Å². The smallest absolute Gasteiger partial charge is 0.153 e. The van der Waals surface area contributed by atoms with Gasteiger partial charge in [0.2, 0.25) is 0 Å². The third-order valence-electron chi connectivity index (χ3n) is 3.30. The van der Waals surface area contributed by atoms with Crippen molar-refractivity contribution < 1.29 is 9.53 Å². The Morgan fingerprint density at radius 3 is 2.42 bits per heavy atom. The number of carbonyl (C=O) groups is 1. The van der Waals surface area contributed by atoms with Crippen molar-refractivity contribution >= 4 is 6.29 Å². The van der Waals surface area contributed by atoms with E-state index in [1.165, 1.54) is 38.5 Å². The number of unbranched alkanes of at least 4 members (excludes halogenated alkanes) is 6. The van der Waals surface area contributed by atoms with Crippen LogP contribution in [0.15, 0.2) is 18.2 Å². The van der Waals surface area contributed by atoms with Crippen molar-refractivity contribution in [2.75, 3.05) is 6.61 Å². The SMILES string of the molecule is CCCCCCCCCOc1ccc(C)cc1C=O. The molecule has 0 fully saturated rings. The van der Waals surface area contributed by atoms with Crippen LogP contribution in [0.25, 0.3) is 0 Å². The fourth-order valence-electron chi connectivity index (χ4n) is 2.13. The molecule has 0 atom stereocenters. The number of carbonyl (C=O) groups excluding carboxylic acids is 1. The maximum Gasteiger partial charge on any atom is 0.153 e. The molecule has 106 valence electrons. The van der Waals surface area contributed by atoms with Gasteiger partial charge in [-0.05, 0) is 25.5 Å². The highest BCUT2D eigenvalue weighted by molar-refractivity contribution is 5.79. The highest BCUT2D eigenvalue weighted by Crippen LogP contribution is 2.18. The summed E-state index contributed by atoms with van der Waals surface area (Å²) in [5.74, 6) is 0.714. The predicted molar refractivity (Wildman–Crippen MR) is 80.1 cm³/mol. The van der Waals surface area contributed by atoms with Crippen LogP contribution in [0, 0.1) is 6.92 Å². The Morgan fingerprint density at radius 1 is 1.05 bits per heavy atom. The third-order valence-corrected chi connectivity index (χ3v) is 3.30. The number of benzene rings is 1. The Kier molecular flexibility index (Phi) is 7.95. The van der Waals surface area contributed by atoms with Crippen LogP contribution in [0.2, 0.25) is 0 Å². The van der Waals surface area contributed by atoms with Crippen molar-refractivity contribution in [3.8, 4) is 5.75 Å². The molecule has 0 saturated carbocycles. The van der Waals surface area contributed by atoms with Gasteiger partial charge in [0.05, 0.1) is 12.2 Å². The number of rotatable bonds is 10.